The van der Waals surface area contributed by atoms with Gasteiger partial charge in [0.25, 0.3) is 0 Å². The summed E-state index contributed by atoms with van der Waals surface area (Å²) in [6, 6.07) is 1.76. The maximum absolute atomic E-state index is 5.45. The highest BCUT2D eigenvalue weighted by Crippen LogP contribution is 2.12. The summed E-state index contributed by atoms with van der Waals surface area (Å²) < 4.78 is 10.9. The Hall–Kier alpha value is -1.44. The van der Waals surface area contributed by atoms with Crippen molar-refractivity contribution in [3.05, 3.63) is 24.3 Å². The van der Waals surface area contributed by atoms with Crippen LogP contribution in [-0.2, 0) is 9.47 Å². The number of rotatable bonds is 2. The molecule has 1 saturated heterocycles. The van der Waals surface area contributed by atoms with Crippen LogP contribution in [0, 0.1) is 11.8 Å². The zero-order chi connectivity index (χ0) is 11.1. The highest BCUT2D eigenvalue weighted by molar-refractivity contribution is 5.19. The Bertz CT molecular complexity index is 364. The molecule has 4 nitrogen and oxygen atoms in total. The predicted molar refractivity (Wildman–Crippen MR) is 58.5 cm³/mol. The van der Waals surface area contributed by atoms with Crippen LogP contribution >= 0.6 is 0 Å². The Labute approximate surface area is 95.0 Å². The maximum atomic E-state index is 5.45. The molecule has 0 amide bonds. The van der Waals surface area contributed by atoms with Crippen molar-refractivity contribution in [2.45, 2.75) is 25.6 Å². The Morgan fingerprint density at radius 2 is 2.25 bits per heavy atom. The van der Waals surface area contributed by atoms with Gasteiger partial charge in [0.05, 0.1) is 0 Å². The molecule has 1 fully saturated rings. The molecule has 0 saturated carbocycles. The van der Waals surface area contributed by atoms with E-state index < -0.39 is 0 Å². The first-order valence-electron chi connectivity index (χ1n) is 5.44. The molecule has 1 atom stereocenters. The van der Waals surface area contributed by atoms with Gasteiger partial charge in [0, 0.05) is 19.0 Å². The summed E-state index contributed by atoms with van der Waals surface area (Å²) in [6.07, 6.45) is 6.51. The minimum Gasteiger partial charge on any atom is -0.353 e. The molecule has 0 bridgehead atoms. The first kappa shape index (κ1) is 11.1. The van der Waals surface area contributed by atoms with Crippen LogP contribution in [0.1, 0.15) is 25.1 Å². The number of hydrogen-bond donors (Lipinski definition) is 0. The van der Waals surface area contributed by atoms with E-state index in [-0.39, 0.29) is 6.29 Å². The highest BCUT2D eigenvalue weighted by atomic mass is 16.7. The fraction of sp³-hybridized carbons (Fsp3) is 0.500. The molecule has 0 radical (unpaired) electrons. The number of aromatic nitrogens is 2. The standard InChI is InChI=1S/C12H14N2O2/c1-2-9-15-12(6-1)16-10-3-5-11-13-7-4-8-14-11/h4,7-8,12H,1-2,6,9-10H2/t12-/m0/s1. The van der Waals surface area contributed by atoms with Crippen LogP contribution in [0.2, 0.25) is 0 Å². The van der Waals surface area contributed by atoms with E-state index in [0.717, 1.165) is 19.4 Å². The first-order chi connectivity index (χ1) is 7.95. The van der Waals surface area contributed by atoms with E-state index in [2.05, 4.69) is 21.8 Å². The Morgan fingerprint density at radius 3 is 3.00 bits per heavy atom. The van der Waals surface area contributed by atoms with Crippen LogP contribution < -0.4 is 0 Å². The van der Waals surface area contributed by atoms with Gasteiger partial charge in [0.2, 0.25) is 5.82 Å². The lowest BCUT2D eigenvalue weighted by Gasteiger charge is -2.21. The molecule has 0 spiro atoms. The van der Waals surface area contributed by atoms with Crippen molar-refractivity contribution in [3.63, 3.8) is 0 Å². The summed E-state index contributed by atoms with van der Waals surface area (Å²) in [5, 5.41) is 0. The van der Waals surface area contributed by atoms with Gasteiger partial charge in [-0.05, 0) is 31.2 Å². The summed E-state index contributed by atoms with van der Waals surface area (Å²) in [4.78, 5) is 7.98. The summed E-state index contributed by atoms with van der Waals surface area (Å²) in [6.45, 7) is 1.16. The van der Waals surface area contributed by atoms with Crippen LogP contribution in [-0.4, -0.2) is 29.5 Å². The molecule has 2 rings (SSSR count). The van der Waals surface area contributed by atoms with Gasteiger partial charge in [-0.1, -0.05) is 5.92 Å². The van der Waals surface area contributed by atoms with Crippen molar-refractivity contribution in [2.75, 3.05) is 13.2 Å². The molecular weight excluding hydrogens is 204 g/mol. The smallest absolute Gasteiger partial charge is 0.204 e. The minimum absolute atomic E-state index is 0.0836. The molecule has 0 aromatic carbocycles. The zero-order valence-corrected chi connectivity index (χ0v) is 9.06. The van der Waals surface area contributed by atoms with Gasteiger partial charge in [-0.15, -0.1) is 0 Å². The Kier molecular flexibility index (Phi) is 4.29. The van der Waals surface area contributed by atoms with Crippen molar-refractivity contribution in [2.24, 2.45) is 0 Å². The first-order valence-corrected chi connectivity index (χ1v) is 5.44. The SMILES string of the molecule is C(#Cc1ncccn1)CO[C@H]1CCCCO1. The third-order valence-electron chi connectivity index (χ3n) is 2.25. The molecule has 4 heteroatoms. The second-order valence-electron chi connectivity index (χ2n) is 3.48. The van der Waals surface area contributed by atoms with Crippen LogP contribution in [0.5, 0.6) is 0 Å². The van der Waals surface area contributed by atoms with Crippen LogP contribution in [0.15, 0.2) is 18.5 Å². The van der Waals surface area contributed by atoms with E-state index in [0.29, 0.717) is 12.4 Å². The molecule has 1 aliphatic heterocycles. The highest BCUT2D eigenvalue weighted by Gasteiger charge is 2.12. The van der Waals surface area contributed by atoms with Gasteiger partial charge in [0.15, 0.2) is 6.29 Å². The van der Waals surface area contributed by atoms with Gasteiger partial charge < -0.3 is 9.47 Å². The zero-order valence-electron chi connectivity index (χ0n) is 9.06. The Balaban J connectivity index is 1.73. The molecule has 1 aromatic rings. The number of ether oxygens (including phenoxy) is 2. The number of hydrogen-bond acceptors (Lipinski definition) is 4. The molecule has 0 aliphatic carbocycles. The van der Waals surface area contributed by atoms with Gasteiger partial charge in [-0.25, -0.2) is 9.97 Å². The van der Waals surface area contributed by atoms with Crippen molar-refractivity contribution in [3.8, 4) is 11.8 Å². The summed E-state index contributed by atoms with van der Waals surface area (Å²) in [7, 11) is 0. The van der Waals surface area contributed by atoms with Gasteiger partial charge >= 0.3 is 0 Å². The second-order valence-corrected chi connectivity index (χ2v) is 3.48. The van der Waals surface area contributed by atoms with Crippen LogP contribution in [0.4, 0.5) is 0 Å². The van der Waals surface area contributed by atoms with E-state index >= 15 is 0 Å². The molecule has 2 heterocycles. The van der Waals surface area contributed by atoms with E-state index in [1.807, 2.05) is 0 Å². The normalized spacial score (nSPS) is 19.9. The summed E-state index contributed by atoms with van der Waals surface area (Å²) in [5.74, 6) is 6.23. The number of nitrogens with zero attached hydrogens (tertiary/aromatic N) is 2. The summed E-state index contributed by atoms with van der Waals surface area (Å²) in [5.41, 5.74) is 0. The largest absolute Gasteiger partial charge is 0.353 e. The van der Waals surface area contributed by atoms with Crippen LogP contribution in [0.25, 0.3) is 0 Å². The summed E-state index contributed by atoms with van der Waals surface area (Å²) >= 11 is 0. The van der Waals surface area contributed by atoms with Crippen molar-refractivity contribution in [1.82, 2.24) is 9.97 Å². The monoisotopic (exact) mass is 218 g/mol. The van der Waals surface area contributed by atoms with Crippen LogP contribution in [0.3, 0.4) is 0 Å². The molecule has 84 valence electrons. The third-order valence-corrected chi connectivity index (χ3v) is 2.25. The molecule has 0 N–H and O–H groups in total. The third kappa shape index (κ3) is 3.61. The molecule has 1 aliphatic rings. The van der Waals surface area contributed by atoms with Gasteiger partial charge in [-0.2, -0.15) is 0 Å². The average Bonchev–Trinajstić information content (AvgIpc) is 2.37. The van der Waals surface area contributed by atoms with E-state index in [4.69, 9.17) is 9.47 Å². The maximum Gasteiger partial charge on any atom is 0.204 e. The molecular formula is C12H14N2O2. The van der Waals surface area contributed by atoms with Gasteiger partial charge in [-0.3, -0.25) is 0 Å². The lowest BCUT2D eigenvalue weighted by Crippen LogP contribution is -2.22. The lowest BCUT2D eigenvalue weighted by atomic mass is 10.2. The topological polar surface area (TPSA) is 44.2 Å². The minimum atomic E-state index is -0.0836. The van der Waals surface area contributed by atoms with E-state index in [9.17, 15) is 0 Å². The van der Waals surface area contributed by atoms with Gasteiger partial charge in [0.1, 0.15) is 6.61 Å². The van der Waals surface area contributed by atoms with Crippen molar-refractivity contribution < 1.29 is 9.47 Å². The van der Waals surface area contributed by atoms with E-state index in [1.54, 1.807) is 18.5 Å². The fourth-order valence-electron chi connectivity index (χ4n) is 1.46. The Morgan fingerprint density at radius 1 is 1.38 bits per heavy atom. The average molecular weight is 218 g/mol. The lowest BCUT2D eigenvalue weighted by molar-refractivity contribution is -0.154. The fourth-order valence-corrected chi connectivity index (χ4v) is 1.46. The molecule has 16 heavy (non-hydrogen) atoms. The van der Waals surface area contributed by atoms with Crippen molar-refractivity contribution >= 4 is 0 Å². The molecule has 1 aromatic heterocycles. The quantitative estimate of drug-likeness (QED) is 0.703. The van der Waals surface area contributed by atoms with E-state index in [1.165, 1.54) is 6.42 Å². The second kappa shape index (κ2) is 6.21. The molecule has 0 unspecified atom stereocenters. The van der Waals surface area contributed by atoms with Crippen molar-refractivity contribution in [1.29, 1.82) is 0 Å². The predicted octanol–water partition coefficient (Wildman–Crippen LogP) is 1.37.